The number of aromatic nitrogens is 1. The minimum absolute atomic E-state index is 0.0946. The molecule has 0 spiro atoms. The first-order valence-corrected chi connectivity index (χ1v) is 6.32. The fourth-order valence-corrected chi connectivity index (χ4v) is 1.96. The van der Waals surface area contributed by atoms with E-state index in [2.05, 4.69) is 31.1 Å². The SMILES string of the molecule is CCC(C)(N)CNCC(C)c1nccs1. The maximum absolute atomic E-state index is 6.05. The van der Waals surface area contributed by atoms with Crippen molar-refractivity contribution in [3.8, 4) is 0 Å². The lowest BCUT2D eigenvalue weighted by atomic mass is 10.0. The van der Waals surface area contributed by atoms with Crippen molar-refractivity contribution in [2.45, 2.75) is 38.6 Å². The zero-order chi connectivity index (χ0) is 11.3. The fourth-order valence-electron chi connectivity index (χ4n) is 1.26. The molecule has 2 unspecified atom stereocenters. The molecule has 15 heavy (non-hydrogen) atoms. The largest absolute Gasteiger partial charge is 0.324 e. The van der Waals surface area contributed by atoms with Crippen LogP contribution >= 0.6 is 11.3 Å². The van der Waals surface area contributed by atoms with Gasteiger partial charge in [0.2, 0.25) is 0 Å². The first-order chi connectivity index (χ1) is 7.05. The van der Waals surface area contributed by atoms with Crippen LogP contribution in [0.5, 0.6) is 0 Å². The molecule has 0 fully saturated rings. The van der Waals surface area contributed by atoms with Crippen LogP contribution in [-0.4, -0.2) is 23.6 Å². The van der Waals surface area contributed by atoms with Crippen LogP contribution in [0.3, 0.4) is 0 Å². The van der Waals surface area contributed by atoms with Crippen molar-refractivity contribution >= 4 is 11.3 Å². The van der Waals surface area contributed by atoms with Gasteiger partial charge in [0.25, 0.3) is 0 Å². The van der Waals surface area contributed by atoms with Gasteiger partial charge in [-0.2, -0.15) is 0 Å². The highest BCUT2D eigenvalue weighted by molar-refractivity contribution is 7.09. The predicted molar refractivity (Wildman–Crippen MR) is 66.3 cm³/mol. The van der Waals surface area contributed by atoms with Crippen LogP contribution in [0.25, 0.3) is 0 Å². The Balaban J connectivity index is 2.26. The van der Waals surface area contributed by atoms with Gasteiger partial charge in [-0.25, -0.2) is 4.98 Å². The van der Waals surface area contributed by atoms with E-state index in [9.17, 15) is 0 Å². The lowest BCUT2D eigenvalue weighted by Gasteiger charge is -2.23. The van der Waals surface area contributed by atoms with Crippen LogP contribution in [0.2, 0.25) is 0 Å². The molecule has 0 saturated heterocycles. The van der Waals surface area contributed by atoms with Gasteiger partial charge >= 0.3 is 0 Å². The molecule has 3 N–H and O–H groups in total. The molecule has 0 aliphatic carbocycles. The first-order valence-electron chi connectivity index (χ1n) is 5.44. The zero-order valence-electron chi connectivity index (χ0n) is 9.79. The van der Waals surface area contributed by atoms with Crippen molar-refractivity contribution in [1.82, 2.24) is 10.3 Å². The fraction of sp³-hybridized carbons (Fsp3) is 0.727. The third kappa shape index (κ3) is 4.28. The molecule has 3 nitrogen and oxygen atoms in total. The summed E-state index contributed by atoms with van der Waals surface area (Å²) in [6.45, 7) is 8.19. The molecule has 0 aliphatic heterocycles. The highest BCUT2D eigenvalue weighted by Gasteiger charge is 2.15. The highest BCUT2D eigenvalue weighted by Crippen LogP contribution is 2.16. The molecular formula is C11H21N3S. The number of nitrogens with two attached hydrogens (primary N) is 1. The van der Waals surface area contributed by atoms with Gasteiger partial charge in [-0.05, 0) is 13.3 Å². The summed E-state index contributed by atoms with van der Waals surface area (Å²) < 4.78 is 0. The van der Waals surface area contributed by atoms with Crippen molar-refractivity contribution in [2.24, 2.45) is 5.73 Å². The molecule has 0 amide bonds. The minimum Gasteiger partial charge on any atom is -0.324 e. The summed E-state index contributed by atoms with van der Waals surface area (Å²) in [4.78, 5) is 4.30. The van der Waals surface area contributed by atoms with Crippen molar-refractivity contribution in [3.05, 3.63) is 16.6 Å². The molecule has 1 rings (SSSR count). The number of nitrogens with zero attached hydrogens (tertiary/aromatic N) is 1. The minimum atomic E-state index is -0.0946. The number of rotatable bonds is 6. The van der Waals surface area contributed by atoms with Crippen LogP contribution in [0.15, 0.2) is 11.6 Å². The summed E-state index contributed by atoms with van der Waals surface area (Å²) in [5, 5.41) is 6.62. The molecular weight excluding hydrogens is 206 g/mol. The third-order valence-corrected chi connectivity index (χ3v) is 3.67. The topological polar surface area (TPSA) is 50.9 Å². The number of hydrogen-bond acceptors (Lipinski definition) is 4. The van der Waals surface area contributed by atoms with Crippen LogP contribution in [0.1, 0.15) is 38.1 Å². The van der Waals surface area contributed by atoms with Gasteiger partial charge in [0.1, 0.15) is 0 Å². The Morgan fingerprint density at radius 2 is 2.40 bits per heavy atom. The zero-order valence-corrected chi connectivity index (χ0v) is 10.6. The molecule has 1 aromatic rings. The van der Waals surface area contributed by atoms with E-state index < -0.39 is 0 Å². The molecule has 1 heterocycles. The van der Waals surface area contributed by atoms with E-state index in [-0.39, 0.29) is 5.54 Å². The van der Waals surface area contributed by atoms with Gasteiger partial charge in [0.15, 0.2) is 0 Å². The lowest BCUT2D eigenvalue weighted by molar-refractivity contribution is 0.411. The van der Waals surface area contributed by atoms with E-state index in [0.29, 0.717) is 5.92 Å². The van der Waals surface area contributed by atoms with Crippen LogP contribution in [0.4, 0.5) is 0 Å². The standard InChI is InChI=1S/C11H21N3S/c1-4-11(3,12)8-13-7-9(2)10-14-5-6-15-10/h5-6,9,13H,4,7-8,12H2,1-3H3. The molecule has 0 aromatic carbocycles. The Hall–Kier alpha value is -0.450. The van der Waals surface area contributed by atoms with Crippen molar-refractivity contribution in [1.29, 1.82) is 0 Å². The maximum atomic E-state index is 6.05. The summed E-state index contributed by atoms with van der Waals surface area (Å²) in [6.07, 6.45) is 2.85. The Morgan fingerprint density at radius 1 is 1.67 bits per heavy atom. The molecule has 2 atom stereocenters. The lowest BCUT2D eigenvalue weighted by Crippen LogP contribution is -2.46. The van der Waals surface area contributed by atoms with Crippen LogP contribution in [0, 0.1) is 0 Å². The summed E-state index contributed by atoms with van der Waals surface area (Å²) in [5.41, 5.74) is 5.95. The van der Waals surface area contributed by atoms with Gasteiger partial charge in [-0.3, -0.25) is 0 Å². The van der Waals surface area contributed by atoms with Gasteiger partial charge in [-0.1, -0.05) is 13.8 Å². The van der Waals surface area contributed by atoms with E-state index >= 15 is 0 Å². The summed E-state index contributed by atoms with van der Waals surface area (Å²) >= 11 is 1.71. The van der Waals surface area contributed by atoms with E-state index in [4.69, 9.17) is 5.73 Å². The summed E-state index contributed by atoms with van der Waals surface area (Å²) in [7, 11) is 0. The second-order valence-corrected chi connectivity index (χ2v) is 5.34. The van der Waals surface area contributed by atoms with Gasteiger partial charge in [0, 0.05) is 36.1 Å². The Kier molecular flexibility index (Phi) is 4.70. The number of hydrogen-bond donors (Lipinski definition) is 2. The average Bonchev–Trinajstić information content (AvgIpc) is 2.70. The normalized spacial score (nSPS) is 17.3. The molecule has 0 saturated carbocycles. The molecule has 1 aromatic heterocycles. The molecule has 4 heteroatoms. The monoisotopic (exact) mass is 227 g/mol. The highest BCUT2D eigenvalue weighted by atomic mass is 32.1. The predicted octanol–water partition coefficient (Wildman–Crippen LogP) is 1.96. The summed E-state index contributed by atoms with van der Waals surface area (Å²) in [5.74, 6) is 0.470. The maximum Gasteiger partial charge on any atom is 0.0965 e. The van der Waals surface area contributed by atoms with Crippen molar-refractivity contribution < 1.29 is 0 Å². The molecule has 0 radical (unpaired) electrons. The number of thiazole rings is 1. The molecule has 0 aliphatic rings. The average molecular weight is 227 g/mol. The van der Waals surface area contributed by atoms with E-state index in [1.165, 1.54) is 5.01 Å². The van der Waals surface area contributed by atoms with E-state index in [1.807, 2.05) is 11.6 Å². The molecule has 86 valence electrons. The van der Waals surface area contributed by atoms with Gasteiger partial charge in [-0.15, -0.1) is 11.3 Å². The smallest absolute Gasteiger partial charge is 0.0965 e. The van der Waals surface area contributed by atoms with E-state index in [1.54, 1.807) is 11.3 Å². The van der Waals surface area contributed by atoms with Gasteiger partial charge in [0.05, 0.1) is 5.01 Å². The van der Waals surface area contributed by atoms with Crippen molar-refractivity contribution in [3.63, 3.8) is 0 Å². The quantitative estimate of drug-likeness (QED) is 0.781. The second-order valence-electron chi connectivity index (χ2n) is 4.41. The van der Waals surface area contributed by atoms with Crippen LogP contribution in [-0.2, 0) is 0 Å². The van der Waals surface area contributed by atoms with Gasteiger partial charge < -0.3 is 11.1 Å². The summed E-state index contributed by atoms with van der Waals surface area (Å²) in [6, 6.07) is 0. The Bertz CT molecular complexity index is 269. The molecule has 0 bridgehead atoms. The third-order valence-electron chi connectivity index (χ3n) is 2.66. The Labute approximate surface area is 96.1 Å². The van der Waals surface area contributed by atoms with Crippen LogP contribution < -0.4 is 11.1 Å². The first kappa shape index (κ1) is 12.6. The second kappa shape index (κ2) is 5.58. The van der Waals surface area contributed by atoms with E-state index in [0.717, 1.165) is 19.5 Å². The Morgan fingerprint density at radius 3 is 2.93 bits per heavy atom. The van der Waals surface area contributed by atoms with Crippen molar-refractivity contribution in [2.75, 3.05) is 13.1 Å². The number of nitrogens with one attached hydrogen (secondary N) is 1.